The number of benzene rings is 2. The van der Waals surface area contributed by atoms with Crippen molar-refractivity contribution in [3.05, 3.63) is 60.3 Å². The van der Waals surface area contributed by atoms with E-state index >= 15 is 0 Å². The maximum atomic E-state index is 5.82. The highest BCUT2D eigenvalue weighted by atomic mass is 32.1. The van der Waals surface area contributed by atoms with E-state index in [1.54, 1.807) is 7.11 Å². The lowest BCUT2D eigenvalue weighted by molar-refractivity contribution is 0.320. The minimum absolute atomic E-state index is 0.318. The van der Waals surface area contributed by atoms with Gasteiger partial charge in [-0.3, -0.25) is 0 Å². The summed E-state index contributed by atoms with van der Waals surface area (Å²) in [6, 6.07) is 16.8. The van der Waals surface area contributed by atoms with Crippen LogP contribution < -0.4 is 10.1 Å². The van der Waals surface area contributed by atoms with Crippen molar-refractivity contribution in [2.45, 2.75) is 46.3 Å². The number of rotatable bonds is 7. The second-order valence-electron chi connectivity index (χ2n) is 6.97. The van der Waals surface area contributed by atoms with E-state index in [0.29, 0.717) is 11.2 Å². The number of aryl methyl sites for hydroxylation is 1. The fraction of sp³-hybridized carbons (Fsp3) is 0.348. The first-order valence-corrected chi connectivity index (χ1v) is 10.3. The molecule has 1 N–H and O–H groups in total. The van der Waals surface area contributed by atoms with Crippen molar-refractivity contribution in [3.63, 3.8) is 0 Å². The summed E-state index contributed by atoms with van der Waals surface area (Å²) in [4.78, 5) is 2.27. The molecular formula is C23H29N3OS. The molecule has 148 valence electrons. The van der Waals surface area contributed by atoms with Crippen LogP contribution in [0.2, 0.25) is 0 Å². The first-order valence-electron chi connectivity index (χ1n) is 9.86. The van der Waals surface area contributed by atoms with Crippen LogP contribution in [0.5, 0.6) is 5.75 Å². The smallest absolute Gasteiger partial charge is 0.174 e. The fourth-order valence-electron chi connectivity index (χ4n) is 3.48. The van der Waals surface area contributed by atoms with Gasteiger partial charge in [0.25, 0.3) is 0 Å². The monoisotopic (exact) mass is 395 g/mol. The number of anilines is 1. The Balaban J connectivity index is 1.90. The summed E-state index contributed by atoms with van der Waals surface area (Å²) in [6.07, 6.45) is 3.27. The molecule has 0 aliphatic carbocycles. The van der Waals surface area contributed by atoms with Crippen molar-refractivity contribution in [3.8, 4) is 5.75 Å². The molecule has 0 aliphatic rings. The van der Waals surface area contributed by atoms with Crippen LogP contribution in [0.3, 0.4) is 0 Å². The number of thiocarbonyl (C=S) groups is 1. The van der Waals surface area contributed by atoms with E-state index in [4.69, 9.17) is 17.0 Å². The predicted molar refractivity (Wildman–Crippen MR) is 122 cm³/mol. The number of fused-ring (bicyclic) bond motifs is 1. The summed E-state index contributed by atoms with van der Waals surface area (Å²) in [7, 11) is 1.68. The zero-order valence-corrected chi connectivity index (χ0v) is 17.9. The van der Waals surface area contributed by atoms with Gasteiger partial charge < -0.3 is 19.5 Å². The highest BCUT2D eigenvalue weighted by Crippen LogP contribution is 2.26. The normalized spacial score (nSPS) is 12.0. The number of ether oxygens (including phenoxy) is 1. The van der Waals surface area contributed by atoms with Crippen LogP contribution in [-0.2, 0) is 13.1 Å². The van der Waals surface area contributed by atoms with Crippen molar-refractivity contribution in [2.24, 2.45) is 0 Å². The van der Waals surface area contributed by atoms with E-state index in [1.165, 1.54) is 16.5 Å². The average Bonchev–Trinajstić information content (AvgIpc) is 3.09. The third kappa shape index (κ3) is 4.14. The molecule has 0 fully saturated rings. The predicted octanol–water partition coefficient (Wildman–Crippen LogP) is 5.67. The highest BCUT2D eigenvalue weighted by Gasteiger charge is 2.19. The van der Waals surface area contributed by atoms with E-state index < -0.39 is 0 Å². The lowest BCUT2D eigenvalue weighted by Gasteiger charge is -2.31. The van der Waals surface area contributed by atoms with Crippen molar-refractivity contribution < 1.29 is 4.74 Å². The maximum Gasteiger partial charge on any atom is 0.174 e. The molecule has 1 heterocycles. The van der Waals surface area contributed by atoms with E-state index in [0.717, 1.165) is 30.9 Å². The van der Waals surface area contributed by atoms with E-state index in [1.807, 2.05) is 24.3 Å². The van der Waals surface area contributed by atoms with Crippen molar-refractivity contribution in [1.29, 1.82) is 0 Å². The molecule has 5 heteroatoms. The molecule has 28 heavy (non-hydrogen) atoms. The number of para-hydroxylation sites is 3. The molecule has 2 aromatic carbocycles. The third-order valence-electron chi connectivity index (χ3n) is 5.28. The van der Waals surface area contributed by atoms with Gasteiger partial charge in [0.15, 0.2) is 5.11 Å². The molecule has 0 amide bonds. The summed E-state index contributed by atoms with van der Waals surface area (Å²) in [5.41, 5.74) is 3.45. The van der Waals surface area contributed by atoms with E-state index in [-0.39, 0.29) is 0 Å². The van der Waals surface area contributed by atoms with Gasteiger partial charge in [-0.25, -0.2) is 0 Å². The van der Waals surface area contributed by atoms with Crippen LogP contribution in [-0.4, -0.2) is 27.7 Å². The third-order valence-corrected chi connectivity index (χ3v) is 5.62. The van der Waals surface area contributed by atoms with Gasteiger partial charge in [-0.05, 0) is 56.2 Å². The topological polar surface area (TPSA) is 29.4 Å². The van der Waals surface area contributed by atoms with Crippen LogP contribution in [0.4, 0.5) is 5.69 Å². The van der Waals surface area contributed by atoms with Crippen LogP contribution in [0.1, 0.15) is 32.8 Å². The van der Waals surface area contributed by atoms with Crippen LogP contribution in [0.25, 0.3) is 10.9 Å². The molecule has 4 nitrogen and oxygen atoms in total. The van der Waals surface area contributed by atoms with Gasteiger partial charge in [0, 0.05) is 36.2 Å². The van der Waals surface area contributed by atoms with Gasteiger partial charge >= 0.3 is 0 Å². The van der Waals surface area contributed by atoms with Gasteiger partial charge in [-0.15, -0.1) is 0 Å². The van der Waals surface area contributed by atoms with Gasteiger partial charge in [0.1, 0.15) is 5.75 Å². The number of nitrogens with one attached hydrogen (secondary N) is 1. The Morgan fingerprint density at radius 1 is 1.14 bits per heavy atom. The van der Waals surface area contributed by atoms with Crippen LogP contribution in [0.15, 0.2) is 54.7 Å². The number of nitrogens with zero attached hydrogens (tertiary/aromatic N) is 2. The summed E-state index contributed by atoms with van der Waals surface area (Å²) >= 11 is 5.82. The quantitative estimate of drug-likeness (QED) is 0.522. The van der Waals surface area contributed by atoms with Crippen LogP contribution >= 0.6 is 12.2 Å². The molecular weight excluding hydrogens is 366 g/mol. The highest BCUT2D eigenvalue weighted by molar-refractivity contribution is 7.80. The van der Waals surface area contributed by atoms with Gasteiger partial charge in [0.05, 0.1) is 12.8 Å². The molecule has 0 spiro atoms. The average molecular weight is 396 g/mol. The molecule has 0 aliphatic heterocycles. The SMILES string of the molecule is CC[C@@H](C)N(Cc1cn(CC)c2ccccc12)C(=S)Nc1ccccc1OC. The second kappa shape index (κ2) is 9.11. The number of aromatic nitrogens is 1. The molecule has 1 aromatic heterocycles. The summed E-state index contributed by atoms with van der Waals surface area (Å²) < 4.78 is 7.76. The first-order chi connectivity index (χ1) is 13.6. The Bertz CT molecular complexity index is 950. The van der Waals surface area contributed by atoms with E-state index in [2.05, 4.69) is 66.0 Å². The van der Waals surface area contributed by atoms with Gasteiger partial charge in [0.2, 0.25) is 0 Å². The first kappa shape index (κ1) is 20.2. The Morgan fingerprint density at radius 2 is 1.86 bits per heavy atom. The number of hydrogen-bond acceptors (Lipinski definition) is 2. The molecule has 0 radical (unpaired) electrons. The molecule has 0 saturated carbocycles. The minimum atomic E-state index is 0.318. The zero-order valence-electron chi connectivity index (χ0n) is 17.1. The van der Waals surface area contributed by atoms with Gasteiger partial charge in [-0.2, -0.15) is 0 Å². The molecule has 3 rings (SSSR count). The molecule has 0 unspecified atom stereocenters. The van der Waals surface area contributed by atoms with E-state index in [9.17, 15) is 0 Å². The van der Waals surface area contributed by atoms with Crippen molar-refractivity contribution >= 4 is 33.9 Å². The maximum absolute atomic E-state index is 5.82. The second-order valence-corrected chi connectivity index (χ2v) is 7.36. The molecule has 0 saturated heterocycles. The number of hydrogen-bond donors (Lipinski definition) is 1. The van der Waals surface area contributed by atoms with Gasteiger partial charge in [-0.1, -0.05) is 37.3 Å². The van der Waals surface area contributed by atoms with Crippen molar-refractivity contribution in [2.75, 3.05) is 12.4 Å². The Hall–Kier alpha value is -2.53. The summed E-state index contributed by atoms with van der Waals surface area (Å²) in [5, 5.41) is 5.40. The molecule has 3 aromatic rings. The Morgan fingerprint density at radius 3 is 2.57 bits per heavy atom. The summed E-state index contributed by atoms with van der Waals surface area (Å²) in [6.45, 7) is 8.31. The molecule has 1 atom stereocenters. The number of methoxy groups -OCH3 is 1. The fourth-order valence-corrected chi connectivity index (χ4v) is 3.83. The standard InChI is InChI=1S/C23H29N3OS/c1-5-17(3)26(23(28)24-20-12-8-10-14-22(20)27-4)16-18-15-25(6-2)21-13-9-7-11-19(18)21/h7-15,17H,5-6,16H2,1-4H3,(H,24,28)/t17-/m1/s1. The molecule has 0 bridgehead atoms. The minimum Gasteiger partial charge on any atom is -0.495 e. The Kier molecular flexibility index (Phi) is 6.57. The lowest BCUT2D eigenvalue weighted by Crippen LogP contribution is -2.40. The van der Waals surface area contributed by atoms with Crippen molar-refractivity contribution in [1.82, 2.24) is 9.47 Å². The Labute approximate surface area is 173 Å². The lowest BCUT2D eigenvalue weighted by atomic mass is 10.1. The zero-order chi connectivity index (χ0) is 20.1. The largest absolute Gasteiger partial charge is 0.495 e. The van der Waals surface area contributed by atoms with Crippen LogP contribution in [0, 0.1) is 0 Å². The summed E-state index contributed by atoms with van der Waals surface area (Å²) in [5.74, 6) is 0.788.